The van der Waals surface area contributed by atoms with Crippen molar-refractivity contribution in [3.63, 3.8) is 0 Å². The molecule has 31 heavy (non-hydrogen) atoms. The van der Waals surface area contributed by atoms with Crippen molar-refractivity contribution in [2.24, 2.45) is 0 Å². The molecule has 1 aliphatic heterocycles. The lowest BCUT2D eigenvalue weighted by atomic mass is 10.2. The molecule has 3 aromatic rings. The Morgan fingerprint density at radius 3 is 2.71 bits per heavy atom. The van der Waals surface area contributed by atoms with Crippen LogP contribution in [0.4, 0.5) is 0 Å². The van der Waals surface area contributed by atoms with Crippen LogP contribution in [0.15, 0.2) is 51.0 Å². The Balaban J connectivity index is 1.63. The molecule has 2 aromatic heterocycles. The van der Waals surface area contributed by atoms with Gasteiger partial charge in [0, 0.05) is 31.2 Å². The van der Waals surface area contributed by atoms with E-state index in [4.69, 9.17) is 21.0 Å². The van der Waals surface area contributed by atoms with Crippen molar-refractivity contribution in [3.05, 3.63) is 57.7 Å². The van der Waals surface area contributed by atoms with E-state index in [1.165, 1.54) is 11.8 Å². The van der Waals surface area contributed by atoms with Crippen LogP contribution in [0.1, 0.15) is 19.6 Å². The molecule has 1 fully saturated rings. The van der Waals surface area contributed by atoms with E-state index < -0.39 is 0 Å². The molecule has 0 saturated carbocycles. The van der Waals surface area contributed by atoms with E-state index in [1.54, 1.807) is 35.1 Å². The van der Waals surface area contributed by atoms with Gasteiger partial charge in [-0.2, -0.15) is 0 Å². The molecular formula is C22H25ClN4O3S. The Morgan fingerprint density at radius 2 is 2.03 bits per heavy atom. The molecule has 0 unspecified atom stereocenters. The number of piperazine rings is 1. The SMILES string of the molecule is CCN1CCN(C(=O)[C@@H](C)Sc2nc3cc(Cl)ccc3c(=O)n2Cc2ccco2)CC1. The van der Waals surface area contributed by atoms with E-state index in [2.05, 4.69) is 11.8 Å². The number of thioether (sulfide) groups is 1. The highest BCUT2D eigenvalue weighted by molar-refractivity contribution is 8.00. The largest absolute Gasteiger partial charge is 0.467 e. The Kier molecular flexibility index (Phi) is 6.69. The third-order valence-corrected chi connectivity index (χ3v) is 6.85. The van der Waals surface area contributed by atoms with Crippen molar-refractivity contribution in [2.75, 3.05) is 32.7 Å². The first kappa shape index (κ1) is 21.9. The van der Waals surface area contributed by atoms with Gasteiger partial charge >= 0.3 is 0 Å². The second kappa shape index (κ2) is 9.46. The second-order valence-electron chi connectivity index (χ2n) is 7.55. The summed E-state index contributed by atoms with van der Waals surface area (Å²) >= 11 is 7.42. The van der Waals surface area contributed by atoms with Crippen LogP contribution in [-0.2, 0) is 11.3 Å². The summed E-state index contributed by atoms with van der Waals surface area (Å²) in [5, 5.41) is 1.09. The van der Waals surface area contributed by atoms with Crippen molar-refractivity contribution >= 4 is 40.2 Å². The van der Waals surface area contributed by atoms with Crippen LogP contribution in [0.25, 0.3) is 10.9 Å². The molecule has 0 bridgehead atoms. The first-order chi connectivity index (χ1) is 15.0. The van der Waals surface area contributed by atoms with E-state index in [0.29, 0.717) is 26.8 Å². The maximum Gasteiger partial charge on any atom is 0.262 e. The number of halogens is 1. The van der Waals surface area contributed by atoms with Crippen LogP contribution >= 0.6 is 23.4 Å². The monoisotopic (exact) mass is 460 g/mol. The predicted molar refractivity (Wildman–Crippen MR) is 123 cm³/mol. The number of carbonyl (C=O) groups is 1. The van der Waals surface area contributed by atoms with Crippen molar-refractivity contribution < 1.29 is 9.21 Å². The van der Waals surface area contributed by atoms with Gasteiger partial charge in [0.2, 0.25) is 5.91 Å². The molecule has 3 heterocycles. The van der Waals surface area contributed by atoms with E-state index in [9.17, 15) is 9.59 Å². The van der Waals surface area contributed by atoms with Crippen LogP contribution in [0, 0.1) is 0 Å². The van der Waals surface area contributed by atoms with Crippen molar-refractivity contribution in [3.8, 4) is 0 Å². The minimum absolute atomic E-state index is 0.0609. The molecule has 4 rings (SSSR count). The third kappa shape index (κ3) is 4.81. The molecule has 1 amide bonds. The van der Waals surface area contributed by atoms with Crippen molar-refractivity contribution in [2.45, 2.75) is 30.8 Å². The topological polar surface area (TPSA) is 71.6 Å². The molecule has 9 heteroatoms. The molecule has 1 aliphatic rings. The van der Waals surface area contributed by atoms with Crippen LogP contribution < -0.4 is 5.56 Å². The molecule has 1 atom stereocenters. The molecule has 1 saturated heterocycles. The molecular weight excluding hydrogens is 436 g/mol. The zero-order chi connectivity index (χ0) is 22.0. The van der Waals surface area contributed by atoms with Gasteiger partial charge in [0.25, 0.3) is 5.56 Å². The summed E-state index contributed by atoms with van der Waals surface area (Å²) in [5.74, 6) is 0.708. The number of likely N-dealkylation sites (N-methyl/N-ethyl adjacent to an activating group) is 1. The van der Waals surface area contributed by atoms with E-state index in [-0.39, 0.29) is 23.3 Å². The lowest BCUT2D eigenvalue weighted by Crippen LogP contribution is -2.50. The highest BCUT2D eigenvalue weighted by Crippen LogP contribution is 2.26. The highest BCUT2D eigenvalue weighted by atomic mass is 35.5. The molecule has 0 spiro atoms. The minimum Gasteiger partial charge on any atom is -0.467 e. The van der Waals surface area contributed by atoms with Crippen molar-refractivity contribution in [1.29, 1.82) is 0 Å². The van der Waals surface area contributed by atoms with Crippen LogP contribution in [0.5, 0.6) is 0 Å². The smallest absolute Gasteiger partial charge is 0.262 e. The van der Waals surface area contributed by atoms with Crippen LogP contribution in [0.2, 0.25) is 5.02 Å². The number of fused-ring (bicyclic) bond motifs is 1. The number of rotatable bonds is 6. The summed E-state index contributed by atoms with van der Waals surface area (Å²) in [6.07, 6.45) is 1.57. The van der Waals surface area contributed by atoms with Gasteiger partial charge in [-0.15, -0.1) is 0 Å². The number of hydrogen-bond acceptors (Lipinski definition) is 6. The summed E-state index contributed by atoms with van der Waals surface area (Å²) in [4.78, 5) is 35.2. The summed E-state index contributed by atoms with van der Waals surface area (Å²) in [5.41, 5.74) is 0.337. The van der Waals surface area contributed by atoms with E-state index in [0.717, 1.165) is 32.7 Å². The first-order valence-corrected chi connectivity index (χ1v) is 11.6. The van der Waals surface area contributed by atoms with Crippen molar-refractivity contribution in [1.82, 2.24) is 19.4 Å². The van der Waals surface area contributed by atoms with Gasteiger partial charge in [0.1, 0.15) is 5.76 Å². The second-order valence-corrected chi connectivity index (χ2v) is 9.29. The normalized spacial score (nSPS) is 16.0. The maximum absolute atomic E-state index is 13.2. The standard InChI is InChI=1S/C22H25ClN4O3S/c1-3-25-8-10-26(11-9-25)20(28)15(2)31-22-24-19-13-16(23)6-7-18(19)21(29)27(22)14-17-5-4-12-30-17/h4-7,12-13,15H,3,8-11,14H2,1-2H3/t15-/m1/s1. The molecule has 1 aromatic carbocycles. The van der Waals surface area contributed by atoms with Crippen LogP contribution in [0.3, 0.4) is 0 Å². The quantitative estimate of drug-likeness (QED) is 0.415. The van der Waals surface area contributed by atoms with E-state index in [1.807, 2.05) is 17.9 Å². The average molecular weight is 461 g/mol. The van der Waals surface area contributed by atoms with Gasteiger partial charge in [-0.1, -0.05) is 30.3 Å². The number of benzene rings is 1. The predicted octanol–water partition coefficient (Wildman–Crippen LogP) is 3.34. The van der Waals surface area contributed by atoms with Gasteiger partial charge < -0.3 is 14.2 Å². The summed E-state index contributed by atoms with van der Waals surface area (Å²) in [6, 6.07) is 8.63. The van der Waals surface area contributed by atoms with Gasteiger partial charge in [0.05, 0.1) is 29.0 Å². The fraction of sp³-hybridized carbons (Fsp3) is 0.409. The van der Waals surface area contributed by atoms with Crippen LogP contribution in [-0.4, -0.2) is 63.2 Å². The third-order valence-electron chi connectivity index (χ3n) is 5.54. The molecule has 0 N–H and O–H groups in total. The summed E-state index contributed by atoms with van der Waals surface area (Å²) in [7, 11) is 0. The molecule has 0 radical (unpaired) electrons. The number of nitrogens with zero attached hydrogens (tertiary/aromatic N) is 4. The summed E-state index contributed by atoms with van der Waals surface area (Å²) < 4.78 is 7.02. The Bertz CT molecular complexity index is 1120. The fourth-order valence-electron chi connectivity index (χ4n) is 3.71. The Hall–Kier alpha value is -2.29. The van der Waals surface area contributed by atoms with Gasteiger partial charge in [-0.25, -0.2) is 4.98 Å². The van der Waals surface area contributed by atoms with E-state index >= 15 is 0 Å². The lowest BCUT2D eigenvalue weighted by molar-refractivity contribution is -0.132. The zero-order valence-electron chi connectivity index (χ0n) is 17.6. The molecule has 7 nitrogen and oxygen atoms in total. The fourth-order valence-corrected chi connectivity index (χ4v) is 4.87. The number of hydrogen-bond donors (Lipinski definition) is 0. The maximum atomic E-state index is 13.2. The Morgan fingerprint density at radius 1 is 1.26 bits per heavy atom. The number of aromatic nitrogens is 2. The lowest BCUT2D eigenvalue weighted by Gasteiger charge is -2.35. The minimum atomic E-state index is -0.375. The zero-order valence-corrected chi connectivity index (χ0v) is 19.2. The number of amides is 1. The van der Waals surface area contributed by atoms with Gasteiger partial charge in [0.15, 0.2) is 5.16 Å². The highest BCUT2D eigenvalue weighted by Gasteiger charge is 2.27. The first-order valence-electron chi connectivity index (χ1n) is 10.4. The van der Waals surface area contributed by atoms with Gasteiger partial charge in [-0.3, -0.25) is 14.2 Å². The molecule has 164 valence electrons. The number of furan rings is 1. The molecule has 0 aliphatic carbocycles. The average Bonchev–Trinajstić information content (AvgIpc) is 3.29. The number of carbonyl (C=O) groups excluding carboxylic acids is 1. The summed E-state index contributed by atoms with van der Waals surface area (Å²) in [6.45, 7) is 8.45. The Labute approximate surface area is 190 Å². The van der Waals surface area contributed by atoms with Gasteiger partial charge in [-0.05, 0) is 43.8 Å².